The second-order valence-electron chi connectivity index (χ2n) is 2.81. The summed E-state index contributed by atoms with van der Waals surface area (Å²) in [4.78, 5) is 15.5. The highest BCUT2D eigenvalue weighted by Crippen LogP contribution is 2.03. The van der Waals surface area contributed by atoms with Gasteiger partial charge >= 0.3 is 0 Å². The van der Waals surface area contributed by atoms with Gasteiger partial charge in [-0.1, -0.05) is 18.5 Å². The standard InChI is InChI=1S/C9H13ClN2OS/c1-3-14-5-4-12-7(2)11-8(10)6-9(12)13/h6H,3-5H2,1-2H3. The lowest BCUT2D eigenvalue weighted by molar-refractivity contribution is 0.681. The molecule has 0 amide bonds. The van der Waals surface area contributed by atoms with Crippen LogP contribution in [0.25, 0.3) is 0 Å². The Hall–Kier alpha value is -0.480. The molecule has 5 heteroatoms. The van der Waals surface area contributed by atoms with Crippen LogP contribution in [0.1, 0.15) is 12.7 Å². The topological polar surface area (TPSA) is 34.9 Å². The Bertz CT molecular complexity index is 364. The van der Waals surface area contributed by atoms with Crippen LogP contribution in [0.15, 0.2) is 10.9 Å². The molecule has 0 saturated carbocycles. The maximum absolute atomic E-state index is 11.5. The van der Waals surface area contributed by atoms with E-state index in [1.165, 1.54) is 6.07 Å². The lowest BCUT2D eigenvalue weighted by atomic mass is 10.5. The van der Waals surface area contributed by atoms with Crippen molar-refractivity contribution in [2.45, 2.75) is 20.4 Å². The molecule has 0 fully saturated rings. The summed E-state index contributed by atoms with van der Waals surface area (Å²) in [5.74, 6) is 2.68. The summed E-state index contributed by atoms with van der Waals surface area (Å²) in [6.45, 7) is 4.59. The predicted molar refractivity (Wildman–Crippen MR) is 61.2 cm³/mol. The molecular formula is C9H13ClN2OS. The van der Waals surface area contributed by atoms with Crippen LogP contribution in [0.5, 0.6) is 0 Å². The van der Waals surface area contributed by atoms with Crippen molar-refractivity contribution in [3.63, 3.8) is 0 Å². The first kappa shape index (κ1) is 11.6. The van der Waals surface area contributed by atoms with Gasteiger partial charge in [0.2, 0.25) is 0 Å². The molecule has 1 rings (SSSR count). The van der Waals surface area contributed by atoms with E-state index in [9.17, 15) is 4.79 Å². The third-order valence-electron chi connectivity index (χ3n) is 1.83. The SMILES string of the molecule is CCSCCn1c(C)nc(Cl)cc1=O. The van der Waals surface area contributed by atoms with E-state index in [-0.39, 0.29) is 10.7 Å². The number of hydrogen-bond acceptors (Lipinski definition) is 3. The molecule has 0 radical (unpaired) electrons. The van der Waals surface area contributed by atoms with E-state index in [0.29, 0.717) is 12.4 Å². The van der Waals surface area contributed by atoms with Gasteiger partial charge < -0.3 is 0 Å². The van der Waals surface area contributed by atoms with E-state index in [1.807, 2.05) is 0 Å². The van der Waals surface area contributed by atoms with Crippen LogP contribution in [-0.4, -0.2) is 21.1 Å². The molecule has 3 nitrogen and oxygen atoms in total. The Morgan fingerprint density at radius 2 is 2.36 bits per heavy atom. The second-order valence-corrected chi connectivity index (χ2v) is 4.59. The average Bonchev–Trinajstić information content (AvgIpc) is 2.09. The number of nitrogens with zero attached hydrogens (tertiary/aromatic N) is 2. The van der Waals surface area contributed by atoms with Crippen LogP contribution in [0.2, 0.25) is 5.15 Å². The highest BCUT2D eigenvalue weighted by molar-refractivity contribution is 7.99. The normalized spacial score (nSPS) is 10.5. The van der Waals surface area contributed by atoms with E-state index < -0.39 is 0 Å². The Labute approximate surface area is 92.5 Å². The lowest BCUT2D eigenvalue weighted by Crippen LogP contribution is -2.23. The van der Waals surface area contributed by atoms with Gasteiger partial charge in [-0.15, -0.1) is 0 Å². The summed E-state index contributed by atoms with van der Waals surface area (Å²) in [5.41, 5.74) is -0.0702. The molecule has 0 unspecified atom stereocenters. The van der Waals surface area contributed by atoms with Gasteiger partial charge in [-0.3, -0.25) is 9.36 Å². The second kappa shape index (κ2) is 5.41. The van der Waals surface area contributed by atoms with E-state index in [2.05, 4.69) is 11.9 Å². The van der Waals surface area contributed by atoms with Gasteiger partial charge in [0, 0.05) is 18.4 Å². The van der Waals surface area contributed by atoms with Crippen molar-refractivity contribution in [3.05, 3.63) is 27.4 Å². The highest BCUT2D eigenvalue weighted by Gasteiger charge is 2.02. The van der Waals surface area contributed by atoms with Crippen molar-refractivity contribution in [1.29, 1.82) is 0 Å². The van der Waals surface area contributed by atoms with Crippen LogP contribution in [0.4, 0.5) is 0 Å². The lowest BCUT2D eigenvalue weighted by Gasteiger charge is -2.07. The number of halogens is 1. The molecule has 0 aromatic carbocycles. The Morgan fingerprint density at radius 3 is 2.93 bits per heavy atom. The first-order valence-corrected chi connectivity index (χ1v) is 6.00. The Kier molecular flexibility index (Phi) is 4.48. The maximum atomic E-state index is 11.5. The van der Waals surface area contributed by atoms with Gasteiger partial charge in [-0.25, -0.2) is 4.98 Å². The zero-order valence-corrected chi connectivity index (χ0v) is 9.86. The molecule has 0 aliphatic rings. The summed E-state index contributed by atoms with van der Waals surface area (Å²) in [5, 5.41) is 0.270. The number of aryl methyl sites for hydroxylation is 1. The van der Waals surface area contributed by atoms with E-state index in [0.717, 1.165) is 11.5 Å². The molecule has 0 atom stereocenters. The first-order valence-electron chi connectivity index (χ1n) is 4.47. The molecule has 78 valence electrons. The summed E-state index contributed by atoms with van der Waals surface area (Å²) in [7, 11) is 0. The molecule has 0 bridgehead atoms. The average molecular weight is 233 g/mol. The third kappa shape index (κ3) is 3.03. The van der Waals surface area contributed by atoms with Crippen molar-refractivity contribution in [3.8, 4) is 0 Å². The van der Waals surface area contributed by atoms with Gasteiger partial charge in [0.1, 0.15) is 11.0 Å². The Morgan fingerprint density at radius 1 is 1.64 bits per heavy atom. The van der Waals surface area contributed by atoms with Crippen molar-refractivity contribution in [2.24, 2.45) is 0 Å². The van der Waals surface area contributed by atoms with Gasteiger partial charge in [0.05, 0.1) is 0 Å². The molecule has 0 spiro atoms. The predicted octanol–water partition coefficient (Wildman–Crippen LogP) is 1.96. The molecule has 0 aliphatic heterocycles. The fourth-order valence-corrected chi connectivity index (χ4v) is 1.97. The quantitative estimate of drug-likeness (QED) is 0.588. The maximum Gasteiger partial charge on any atom is 0.255 e. The largest absolute Gasteiger partial charge is 0.296 e. The number of rotatable bonds is 4. The molecular weight excluding hydrogens is 220 g/mol. The molecule has 1 aromatic heterocycles. The van der Waals surface area contributed by atoms with Crippen LogP contribution in [0.3, 0.4) is 0 Å². The number of aromatic nitrogens is 2. The fraction of sp³-hybridized carbons (Fsp3) is 0.556. The van der Waals surface area contributed by atoms with E-state index in [1.54, 1.807) is 23.3 Å². The van der Waals surface area contributed by atoms with Gasteiger partial charge in [0.25, 0.3) is 5.56 Å². The highest BCUT2D eigenvalue weighted by atomic mass is 35.5. The van der Waals surface area contributed by atoms with Crippen LogP contribution in [0, 0.1) is 6.92 Å². The van der Waals surface area contributed by atoms with Crippen LogP contribution < -0.4 is 5.56 Å². The van der Waals surface area contributed by atoms with Gasteiger partial charge in [0.15, 0.2) is 0 Å². The zero-order valence-electron chi connectivity index (χ0n) is 8.29. The molecule has 0 aliphatic carbocycles. The summed E-state index contributed by atoms with van der Waals surface area (Å²) in [6.07, 6.45) is 0. The monoisotopic (exact) mass is 232 g/mol. The van der Waals surface area contributed by atoms with Crippen molar-refractivity contribution in [2.75, 3.05) is 11.5 Å². The van der Waals surface area contributed by atoms with Gasteiger partial charge in [-0.05, 0) is 12.7 Å². The first-order chi connectivity index (χ1) is 6.65. The van der Waals surface area contributed by atoms with Gasteiger partial charge in [-0.2, -0.15) is 11.8 Å². The summed E-state index contributed by atoms with van der Waals surface area (Å²) < 4.78 is 1.65. The molecule has 0 saturated heterocycles. The minimum absolute atomic E-state index is 0.0702. The number of hydrogen-bond donors (Lipinski definition) is 0. The molecule has 1 heterocycles. The third-order valence-corrected chi connectivity index (χ3v) is 2.90. The molecule has 0 N–H and O–H groups in total. The minimum atomic E-state index is -0.0702. The summed E-state index contributed by atoms with van der Waals surface area (Å²) in [6, 6.07) is 1.35. The van der Waals surface area contributed by atoms with E-state index in [4.69, 9.17) is 11.6 Å². The molecule has 14 heavy (non-hydrogen) atoms. The van der Waals surface area contributed by atoms with Crippen molar-refractivity contribution in [1.82, 2.24) is 9.55 Å². The summed E-state index contributed by atoms with van der Waals surface area (Å²) >= 11 is 7.46. The van der Waals surface area contributed by atoms with Crippen molar-refractivity contribution < 1.29 is 0 Å². The minimum Gasteiger partial charge on any atom is -0.296 e. The van der Waals surface area contributed by atoms with Crippen LogP contribution >= 0.6 is 23.4 Å². The zero-order chi connectivity index (χ0) is 10.6. The van der Waals surface area contributed by atoms with Crippen LogP contribution in [-0.2, 0) is 6.54 Å². The van der Waals surface area contributed by atoms with E-state index >= 15 is 0 Å². The number of thioether (sulfide) groups is 1. The Balaban J connectivity index is 2.81. The fourth-order valence-electron chi connectivity index (χ4n) is 1.16. The molecule has 1 aromatic rings. The van der Waals surface area contributed by atoms with Crippen molar-refractivity contribution >= 4 is 23.4 Å². The smallest absolute Gasteiger partial charge is 0.255 e.